The Kier molecular flexibility index (Phi) is 5.16. The lowest BCUT2D eigenvalue weighted by molar-refractivity contribution is -0.0891. The minimum Gasteiger partial charge on any atom is -0.393 e. The predicted octanol–water partition coefficient (Wildman–Crippen LogP) is 2.82. The molecule has 0 aromatic carbocycles. The highest BCUT2D eigenvalue weighted by Crippen LogP contribution is 2.41. The maximum absolute atomic E-state index is 9.68. The summed E-state index contributed by atoms with van der Waals surface area (Å²) in [5.74, 6) is 1.77. The molecule has 1 aliphatic rings. The average molecular weight is 282 g/mol. The highest BCUT2D eigenvalue weighted by molar-refractivity contribution is 5.04. The van der Waals surface area contributed by atoms with Crippen LogP contribution in [0, 0.1) is 5.92 Å². The van der Waals surface area contributed by atoms with Crippen LogP contribution in [0.3, 0.4) is 0 Å². The van der Waals surface area contributed by atoms with E-state index in [-0.39, 0.29) is 0 Å². The van der Waals surface area contributed by atoms with Gasteiger partial charge in [-0.15, -0.1) is 0 Å². The molecule has 2 rings (SSSR count). The fourth-order valence-corrected chi connectivity index (χ4v) is 3.05. The van der Waals surface area contributed by atoms with E-state index in [9.17, 15) is 5.11 Å². The molecule has 1 heterocycles. The van der Waals surface area contributed by atoms with E-state index in [0.717, 1.165) is 19.3 Å². The second-order valence-electron chi connectivity index (χ2n) is 5.91. The molecule has 1 saturated carbocycles. The van der Waals surface area contributed by atoms with Crippen LogP contribution >= 0.6 is 0 Å². The summed E-state index contributed by atoms with van der Waals surface area (Å²) in [4.78, 5) is 4.48. The molecule has 1 N–H and O–H groups in total. The zero-order valence-electron chi connectivity index (χ0n) is 12.8. The van der Waals surface area contributed by atoms with Crippen molar-refractivity contribution in [3.8, 4) is 0 Å². The molecule has 1 aliphatic carbocycles. The fraction of sp³-hybridized carbons (Fsp3) is 0.867. The molecule has 1 fully saturated rings. The Labute approximate surface area is 120 Å². The van der Waals surface area contributed by atoms with Crippen LogP contribution in [0.15, 0.2) is 4.52 Å². The van der Waals surface area contributed by atoms with Gasteiger partial charge >= 0.3 is 0 Å². The van der Waals surface area contributed by atoms with Crippen molar-refractivity contribution in [3.63, 3.8) is 0 Å². The molecule has 3 atom stereocenters. The Morgan fingerprint density at radius 3 is 2.95 bits per heavy atom. The molecule has 0 aliphatic heterocycles. The van der Waals surface area contributed by atoms with Crippen molar-refractivity contribution in [2.75, 3.05) is 6.61 Å². The standard InChI is InChI=1S/C15H26N2O3/c1-4-12(18)9-13-16-14(17-20-13)15(19-5-2)8-6-7-11(3)10-15/h11-12,18H,4-10H2,1-3H3. The lowest BCUT2D eigenvalue weighted by atomic mass is 9.78. The number of rotatable bonds is 6. The minimum absolute atomic E-state index is 0.397. The van der Waals surface area contributed by atoms with E-state index in [0.29, 0.717) is 37.1 Å². The smallest absolute Gasteiger partial charge is 0.229 e. The number of ether oxygens (including phenoxy) is 1. The third-order valence-corrected chi connectivity index (χ3v) is 4.13. The number of aliphatic hydroxyl groups is 1. The lowest BCUT2D eigenvalue weighted by Crippen LogP contribution is -2.36. The largest absolute Gasteiger partial charge is 0.393 e. The number of hydrogen-bond donors (Lipinski definition) is 1. The summed E-state index contributed by atoms with van der Waals surface area (Å²) in [6.45, 7) is 6.83. The topological polar surface area (TPSA) is 68.4 Å². The van der Waals surface area contributed by atoms with Gasteiger partial charge in [0.25, 0.3) is 0 Å². The van der Waals surface area contributed by atoms with Gasteiger partial charge in [-0.25, -0.2) is 0 Å². The third-order valence-electron chi connectivity index (χ3n) is 4.13. The van der Waals surface area contributed by atoms with Gasteiger partial charge < -0.3 is 14.4 Å². The van der Waals surface area contributed by atoms with Gasteiger partial charge in [-0.05, 0) is 38.5 Å². The zero-order valence-corrected chi connectivity index (χ0v) is 12.8. The van der Waals surface area contributed by atoms with E-state index < -0.39 is 11.7 Å². The van der Waals surface area contributed by atoms with E-state index in [2.05, 4.69) is 17.1 Å². The SMILES string of the molecule is CCOC1(c2noc(CC(O)CC)n2)CCCC(C)C1. The van der Waals surface area contributed by atoms with Crippen molar-refractivity contribution < 1.29 is 14.4 Å². The molecule has 114 valence electrons. The summed E-state index contributed by atoms with van der Waals surface area (Å²) in [7, 11) is 0. The molecule has 1 aromatic heterocycles. The molecule has 0 amide bonds. The minimum atomic E-state index is -0.420. The summed E-state index contributed by atoms with van der Waals surface area (Å²) in [5, 5.41) is 13.8. The molecule has 0 saturated heterocycles. The quantitative estimate of drug-likeness (QED) is 0.869. The summed E-state index contributed by atoms with van der Waals surface area (Å²) >= 11 is 0. The highest BCUT2D eigenvalue weighted by atomic mass is 16.5. The first kappa shape index (κ1) is 15.4. The predicted molar refractivity (Wildman–Crippen MR) is 75.2 cm³/mol. The molecule has 0 radical (unpaired) electrons. The fourth-order valence-electron chi connectivity index (χ4n) is 3.05. The molecular formula is C15H26N2O3. The first-order chi connectivity index (χ1) is 9.59. The Morgan fingerprint density at radius 2 is 2.30 bits per heavy atom. The van der Waals surface area contributed by atoms with Gasteiger partial charge in [0.1, 0.15) is 5.60 Å². The normalized spacial score (nSPS) is 28.5. The highest BCUT2D eigenvalue weighted by Gasteiger charge is 2.41. The maximum Gasteiger partial charge on any atom is 0.229 e. The summed E-state index contributed by atoms with van der Waals surface area (Å²) in [6, 6.07) is 0. The van der Waals surface area contributed by atoms with Gasteiger partial charge in [0.05, 0.1) is 12.5 Å². The van der Waals surface area contributed by atoms with Gasteiger partial charge in [0.15, 0.2) is 0 Å². The Hall–Kier alpha value is -0.940. The van der Waals surface area contributed by atoms with Crippen molar-refractivity contribution in [2.45, 2.75) is 71.0 Å². The molecule has 1 aromatic rings. The van der Waals surface area contributed by atoms with Crippen molar-refractivity contribution in [3.05, 3.63) is 11.7 Å². The van der Waals surface area contributed by atoms with Crippen molar-refractivity contribution in [2.24, 2.45) is 5.92 Å². The van der Waals surface area contributed by atoms with Crippen LogP contribution in [0.1, 0.15) is 64.6 Å². The lowest BCUT2D eigenvalue weighted by Gasteiger charge is -2.37. The van der Waals surface area contributed by atoms with Crippen LogP contribution < -0.4 is 0 Å². The van der Waals surface area contributed by atoms with Gasteiger partial charge in [0.2, 0.25) is 11.7 Å². The van der Waals surface area contributed by atoms with E-state index in [1.54, 1.807) is 0 Å². The van der Waals surface area contributed by atoms with Crippen molar-refractivity contribution in [1.82, 2.24) is 10.1 Å². The van der Waals surface area contributed by atoms with Crippen LogP contribution in [-0.2, 0) is 16.8 Å². The van der Waals surface area contributed by atoms with Gasteiger partial charge in [0, 0.05) is 6.61 Å². The summed E-state index contributed by atoms with van der Waals surface area (Å²) in [5.41, 5.74) is -0.397. The first-order valence-corrected chi connectivity index (χ1v) is 7.74. The molecule has 0 bridgehead atoms. The monoisotopic (exact) mass is 282 g/mol. The molecule has 0 spiro atoms. The van der Waals surface area contributed by atoms with E-state index >= 15 is 0 Å². The van der Waals surface area contributed by atoms with Gasteiger partial charge in [-0.3, -0.25) is 0 Å². The molecule has 5 nitrogen and oxygen atoms in total. The Balaban J connectivity index is 2.17. The number of aliphatic hydroxyl groups excluding tert-OH is 1. The van der Waals surface area contributed by atoms with E-state index in [4.69, 9.17) is 9.26 Å². The number of aromatic nitrogens is 2. The van der Waals surface area contributed by atoms with Crippen molar-refractivity contribution in [1.29, 1.82) is 0 Å². The zero-order chi connectivity index (χ0) is 14.6. The summed E-state index contributed by atoms with van der Waals surface area (Å²) < 4.78 is 11.3. The van der Waals surface area contributed by atoms with Crippen LogP contribution in [0.25, 0.3) is 0 Å². The number of nitrogens with zero attached hydrogens (tertiary/aromatic N) is 2. The van der Waals surface area contributed by atoms with E-state index in [1.165, 1.54) is 6.42 Å². The van der Waals surface area contributed by atoms with Crippen LogP contribution in [-0.4, -0.2) is 28.0 Å². The van der Waals surface area contributed by atoms with Gasteiger partial charge in [-0.2, -0.15) is 4.98 Å². The summed E-state index contributed by atoms with van der Waals surface area (Å²) in [6.07, 6.45) is 4.93. The number of hydrogen-bond acceptors (Lipinski definition) is 5. The molecule has 3 unspecified atom stereocenters. The van der Waals surface area contributed by atoms with Crippen LogP contribution in [0.2, 0.25) is 0 Å². The average Bonchev–Trinajstić information content (AvgIpc) is 2.88. The first-order valence-electron chi connectivity index (χ1n) is 7.74. The van der Waals surface area contributed by atoms with Gasteiger partial charge in [-0.1, -0.05) is 25.4 Å². The Bertz CT molecular complexity index is 417. The maximum atomic E-state index is 9.68. The molecule has 5 heteroatoms. The Morgan fingerprint density at radius 1 is 1.50 bits per heavy atom. The van der Waals surface area contributed by atoms with Crippen LogP contribution in [0.4, 0.5) is 0 Å². The second kappa shape index (κ2) is 6.68. The second-order valence-corrected chi connectivity index (χ2v) is 5.91. The third kappa shape index (κ3) is 3.38. The molecule has 20 heavy (non-hydrogen) atoms. The van der Waals surface area contributed by atoms with Crippen LogP contribution in [0.5, 0.6) is 0 Å². The molecular weight excluding hydrogens is 256 g/mol. The van der Waals surface area contributed by atoms with E-state index in [1.807, 2.05) is 13.8 Å². The van der Waals surface area contributed by atoms with Crippen molar-refractivity contribution >= 4 is 0 Å².